The molecule has 2 rings (SSSR count). The fourth-order valence-corrected chi connectivity index (χ4v) is 12.6. The van der Waals surface area contributed by atoms with Gasteiger partial charge >= 0.3 is 6.09 Å². The van der Waals surface area contributed by atoms with E-state index in [4.69, 9.17) is 4.74 Å². The number of nitrogens with one attached hydrogen (secondary N) is 1. The summed E-state index contributed by atoms with van der Waals surface area (Å²) in [5.74, 6) is 0. The summed E-state index contributed by atoms with van der Waals surface area (Å²) in [4.78, 5) is 14.9. The van der Waals surface area contributed by atoms with E-state index in [2.05, 4.69) is 98.3 Å². The number of hydrogen-bond donors (Lipinski definition) is 1. The Bertz CT molecular complexity index is 936. The molecule has 32 heavy (non-hydrogen) atoms. The van der Waals surface area contributed by atoms with Crippen molar-refractivity contribution < 1.29 is 9.53 Å². The molecule has 0 bridgehead atoms. The average molecular weight is 525 g/mol. The van der Waals surface area contributed by atoms with Crippen molar-refractivity contribution in [2.75, 3.05) is 19.4 Å². The smallest absolute Gasteiger partial charge is 0.412 e. The van der Waals surface area contributed by atoms with Crippen molar-refractivity contribution in [3.8, 4) is 0 Å². The Hall–Kier alpha value is -1.31. The van der Waals surface area contributed by atoms with Gasteiger partial charge in [0, 0.05) is 28.1 Å². The number of hydrogen-bond acceptors (Lipinski definition) is 3. The number of amides is 1. The normalized spacial score (nSPS) is 13.1. The fourth-order valence-electron chi connectivity index (χ4n) is 5.53. The van der Waals surface area contributed by atoms with Gasteiger partial charge in [0.05, 0.1) is 5.69 Å². The number of halogens is 1. The lowest BCUT2D eigenvalue weighted by Crippen LogP contribution is -2.51. The molecule has 1 aromatic carbocycles. The minimum Gasteiger partial charge on any atom is -0.444 e. The molecule has 0 atom stereocenters. The largest absolute Gasteiger partial charge is 0.444 e. The highest BCUT2D eigenvalue weighted by molar-refractivity contribution is 9.10. The van der Waals surface area contributed by atoms with Crippen LogP contribution < -0.4 is 5.32 Å². The summed E-state index contributed by atoms with van der Waals surface area (Å²) < 4.78 is 9.06. The first-order valence-corrected chi connectivity index (χ1v) is 14.6. The Morgan fingerprint density at radius 3 is 2.06 bits per heavy atom. The maximum Gasteiger partial charge on any atom is 0.412 e. The van der Waals surface area contributed by atoms with Gasteiger partial charge in [0.15, 0.2) is 8.24 Å². The molecule has 5 nitrogen and oxygen atoms in total. The Balaban J connectivity index is 2.86. The van der Waals surface area contributed by atoms with Crippen LogP contribution in [0.5, 0.6) is 0 Å². The van der Waals surface area contributed by atoms with E-state index in [0.717, 1.165) is 22.1 Å². The minimum absolute atomic E-state index is 0.436. The van der Waals surface area contributed by atoms with Gasteiger partial charge in [-0.15, -0.1) is 0 Å². The zero-order valence-corrected chi connectivity index (χ0v) is 24.3. The number of carbonyl (C=O) groups excluding carboxylic acids is 1. The van der Waals surface area contributed by atoms with Gasteiger partial charge in [0.1, 0.15) is 5.60 Å². The number of rotatable bonds is 7. The second-order valence-electron chi connectivity index (χ2n) is 11.1. The van der Waals surface area contributed by atoms with Gasteiger partial charge in [-0.3, -0.25) is 5.32 Å². The summed E-state index contributed by atoms with van der Waals surface area (Å²) in [5.41, 5.74) is 4.34. The van der Waals surface area contributed by atoms with Gasteiger partial charge in [-0.2, -0.15) is 0 Å². The second-order valence-corrected chi connectivity index (χ2v) is 17.6. The van der Waals surface area contributed by atoms with Crippen molar-refractivity contribution in [3.63, 3.8) is 0 Å². The third-order valence-corrected chi connectivity index (χ3v) is 13.7. The molecule has 180 valence electrons. The van der Waals surface area contributed by atoms with Crippen molar-refractivity contribution in [1.82, 2.24) is 9.13 Å². The Kier molecular flexibility index (Phi) is 8.33. The molecule has 0 spiro atoms. The molecule has 1 N–H and O–H groups in total. The molecule has 0 fully saturated rings. The lowest BCUT2D eigenvalue weighted by Gasteiger charge is -2.44. The average Bonchev–Trinajstić information content (AvgIpc) is 2.93. The van der Waals surface area contributed by atoms with E-state index in [-0.39, 0.29) is 0 Å². The van der Waals surface area contributed by atoms with Crippen LogP contribution in [0.1, 0.15) is 67.9 Å². The number of carbonyl (C=O) groups is 1. The Morgan fingerprint density at radius 2 is 1.62 bits per heavy atom. The fraction of sp³-hybridized carbons (Fsp3) is 0.640. The van der Waals surface area contributed by atoms with Crippen molar-refractivity contribution in [3.05, 3.63) is 28.4 Å². The first-order valence-electron chi connectivity index (χ1n) is 11.6. The number of anilines is 1. The number of fused-ring (bicyclic) bond motifs is 1. The lowest BCUT2D eigenvalue weighted by atomic mass is 10.1. The molecule has 0 aliphatic rings. The van der Waals surface area contributed by atoms with E-state index in [1.54, 1.807) is 0 Å². The number of ether oxygens (including phenoxy) is 1. The molecule has 1 amide bonds. The summed E-state index contributed by atoms with van der Waals surface area (Å²) in [6.45, 7) is 20.7. The Morgan fingerprint density at radius 1 is 1.09 bits per heavy atom. The van der Waals surface area contributed by atoms with Crippen molar-refractivity contribution in [2.45, 2.75) is 91.1 Å². The first kappa shape index (κ1) is 26.9. The highest BCUT2D eigenvalue weighted by atomic mass is 79.9. The summed E-state index contributed by atoms with van der Waals surface area (Å²) in [6, 6.07) is 4.25. The predicted molar refractivity (Wildman–Crippen MR) is 143 cm³/mol. The zero-order chi connectivity index (χ0) is 24.6. The molecule has 1 heterocycles. The van der Waals surface area contributed by atoms with Gasteiger partial charge < -0.3 is 13.9 Å². The van der Waals surface area contributed by atoms with E-state index in [9.17, 15) is 4.79 Å². The van der Waals surface area contributed by atoms with Crippen LogP contribution in [-0.2, 0) is 11.3 Å². The maximum absolute atomic E-state index is 12.7. The van der Waals surface area contributed by atoms with Crippen LogP contribution in [-0.4, -0.2) is 43.2 Å². The molecule has 7 heteroatoms. The third kappa shape index (κ3) is 5.26. The van der Waals surface area contributed by atoms with Gasteiger partial charge in [-0.25, -0.2) is 4.79 Å². The lowest BCUT2D eigenvalue weighted by molar-refractivity contribution is 0.0636. The van der Waals surface area contributed by atoms with Crippen molar-refractivity contribution in [2.24, 2.45) is 0 Å². The monoisotopic (exact) mass is 523 g/mol. The molecule has 0 saturated carbocycles. The molecule has 0 aliphatic carbocycles. The molecule has 0 saturated heterocycles. The minimum atomic E-state index is -1.98. The predicted octanol–water partition coefficient (Wildman–Crippen LogP) is 7.84. The SMILES string of the molecule is CC(C)[Si](C(C)C)(C(C)C)n1cc(CN(C)C)c2c(NC(=O)OC(C)(C)C)c(Br)ccc21. The van der Waals surface area contributed by atoms with Gasteiger partial charge in [-0.1, -0.05) is 41.5 Å². The molecule has 0 radical (unpaired) electrons. The quantitative estimate of drug-likeness (QED) is 0.376. The van der Waals surface area contributed by atoms with E-state index in [0.29, 0.717) is 16.6 Å². The van der Waals surface area contributed by atoms with E-state index in [1.807, 2.05) is 26.8 Å². The molecular formula is C25H42BrN3O2Si. The zero-order valence-electron chi connectivity index (χ0n) is 21.8. The van der Waals surface area contributed by atoms with Crippen molar-refractivity contribution >= 4 is 46.8 Å². The van der Waals surface area contributed by atoms with Crippen LogP contribution in [0.3, 0.4) is 0 Å². The Labute approximate surface area is 204 Å². The van der Waals surface area contributed by atoms with Crippen LogP contribution in [0.2, 0.25) is 16.6 Å². The molecule has 1 aromatic heterocycles. The number of benzene rings is 1. The topological polar surface area (TPSA) is 46.5 Å². The maximum atomic E-state index is 12.7. The van der Waals surface area contributed by atoms with Crippen LogP contribution in [0.15, 0.2) is 22.8 Å². The molecule has 0 aliphatic heterocycles. The van der Waals surface area contributed by atoms with E-state index in [1.165, 1.54) is 11.1 Å². The summed E-state index contributed by atoms with van der Waals surface area (Å²) in [6.07, 6.45) is 1.93. The molecular weight excluding hydrogens is 482 g/mol. The van der Waals surface area contributed by atoms with Crippen LogP contribution >= 0.6 is 15.9 Å². The van der Waals surface area contributed by atoms with Crippen LogP contribution in [0, 0.1) is 0 Å². The standard InChI is InChI=1S/C25H42BrN3O2Si/c1-16(2)32(17(3)4,18(5)6)29-15-19(14-28(10)11)22-21(29)13-12-20(26)23(22)27-24(30)31-25(7,8)9/h12-13,15-18H,14H2,1-11H3,(H,27,30). The van der Waals surface area contributed by atoms with Crippen LogP contribution in [0.25, 0.3) is 10.9 Å². The highest BCUT2D eigenvalue weighted by Gasteiger charge is 2.46. The summed E-state index contributed by atoms with van der Waals surface area (Å²) in [7, 11) is 2.19. The first-order chi connectivity index (χ1) is 14.6. The number of nitrogens with zero attached hydrogens (tertiary/aromatic N) is 2. The molecule has 0 unspecified atom stereocenters. The highest BCUT2D eigenvalue weighted by Crippen LogP contribution is 2.46. The molecule has 2 aromatic rings. The van der Waals surface area contributed by atoms with E-state index < -0.39 is 19.9 Å². The van der Waals surface area contributed by atoms with Crippen LogP contribution in [0.4, 0.5) is 10.5 Å². The van der Waals surface area contributed by atoms with Gasteiger partial charge in [0.25, 0.3) is 0 Å². The number of aromatic nitrogens is 1. The van der Waals surface area contributed by atoms with Crippen molar-refractivity contribution in [1.29, 1.82) is 0 Å². The summed E-state index contributed by atoms with van der Waals surface area (Å²) in [5, 5.41) is 4.15. The third-order valence-electron chi connectivity index (χ3n) is 6.30. The van der Waals surface area contributed by atoms with Gasteiger partial charge in [-0.05, 0) is 85.1 Å². The summed E-state index contributed by atoms with van der Waals surface area (Å²) >= 11 is 3.69. The second kappa shape index (κ2) is 9.90. The van der Waals surface area contributed by atoms with E-state index >= 15 is 0 Å². The van der Waals surface area contributed by atoms with Gasteiger partial charge in [0.2, 0.25) is 0 Å².